The molecule has 1 saturated heterocycles. The van der Waals surface area contributed by atoms with Crippen LogP contribution in [0, 0.1) is 0 Å². The Kier molecular flexibility index (Phi) is 6.14. The van der Waals surface area contributed by atoms with E-state index in [2.05, 4.69) is 44.1 Å². The molecule has 28 heavy (non-hydrogen) atoms. The van der Waals surface area contributed by atoms with E-state index < -0.39 is 11.6 Å². The highest BCUT2D eigenvalue weighted by molar-refractivity contribution is 5.87. The smallest absolute Gasteiger partial charge is 0.359 e. The zero-order valence-electron chi connectivity index (χ0n) is 17.1. The minimum absolute atomic E-state index is 0.196. The highest BCUT2D eigenvalue weighted by atomic mass is 16.6. The summed E-state index contributed by atoms with van der Waals surface area (Å²) in [6.45, 7) is 13.1. The molecule has 150 valence electrons. The van der Waals surface area contributed by atoms with Gasteiger partial charge < -0.3 is 19.9 Å². The van der Waals surface area contributed by atoms with E-state index >= 15 is 0 Å². The molecular weight excluding hydrogens is 354 g/mol. The minimum Gasteiger partial charge on any atom is -0.455 e. The van der Waals surface area contributed by atoms with Crippen molar-refractivity contribution in [3.63, 3.8) is 0 Å². The third-order valence-corrected chi connectivity index (χ3v) is 4.58. The van der Waals surface area contributed by atoms with Crippen molar-refractivity contribution in [1.29, 1.82) is 0 Å². The van der Waals surface area contributed by atoms with Crippen molar-refractivity contribution in [3.8, 4) is 0 Å². The molecule has 2 aromatic rings. The van der Waals surface area contributed by atoms with Crippen LogP contribution in [0.5, 0.6) is 0 Å². The van der Waals surface area contributed by atoms with Gasteiger partial charge in [0.25, 0.3) is 0 Å². The fourth-order valence-corrected chi connectivity index (χ4v) is 3.05. The lowest BCUT2D eigenvalue weighted by Gasteiger charge is -2.35. The number of carbonyl (C=O) groups excluding carboxylic acids is 1. The maximum atomic E-state index is 12.0. The van der Waals surface area contributed by atoms with E-state index in [1.165, 1.54) is 18.1 Å². The lowest BCUT2D eigenvalue weighted by molar-refractivity contribution is 0.00624. The number of piperazine rings is 1. The topological polar surface area (TPSA) is 70.6 Å². The number of rotatable bonds is 5. The SMILES string of the molecule is CCN1CCN(c2ccc(Nc3cnc(C(=O)OC(C)(C)C)cn3)cc2)CC1. The average molecular weight is 383 g/mol. The van der Waals surface area contributed by atoms with Gasteiger partial charge in [0.05, 0.1) is 12.4 Å². The average Bonchev–Trinajstić information content (AvgIpc) is 2.68. The van der Waals surface area contributed by atoms with Crippen LogP contribution < -0.4 is 10.2 Å². The van der Waals surface area contributed by atoms with Gasteiger partial charge in [-0.05, 0) is 51.6 Å². The third kappa shape index (κ3) is 5.42. The fourth-order valence-electron chi connectivity index (χ4n) is 3.05. The zero-order valence-corrected chi connectivity index (χ0v) is 17.1. The summed E-state index contributed by atoms with van der Waals surface area (Å²) >= 11 is 0. The van der Waals surface area contributed by atoms with Crippen molar-refractivity contribution in [2.24, 2.45) is 0 Å². The molecule has 0 unspecified atom stereocenters. The van der Waals surface area contributed by atoms with Crippen LogP contribution >= 0.6 is 0 Å². The molecule has 1 aliphatic heterocycles. The Balaban J connectivity index is 1.58. The Hall–Kier alpha value is -2.67. The maximum Gasteiger partial charge on any atom is 0.359 e. The standard InChI is InChI=1S/C21H29N5O2/c1-5-25-10-12-26(13-11-25)17-8-6-16(7-9-17)24-19-15-22-18(14-23-19)20(27)28-21(2,3)4/h6-9,14-15H,5,10-13H2,1-4H3,(H,23,24). The molecule has 0 saturated carbocycles. The predicted octanol–water partition coefficient (Wildman–Crippen LogP) is 3.32. The Labute approximate surface area is 166 Å². The zero-order chi connectivity index (χ0) is 20.1. The van der Waals surface area contributed by atoms with Crippen molar-refractivity contribution in [2.75, 3.05) is 42.9 Å². The molecule has 7 heteroatoms. The van der Waals surface area contributed by atoms with Gasteiger partial charge >= 0.3 is 5.97 Å². The highest BCUT2D eigenvalue weighted by Crippen LogP contribution is 2.21. The Morgan fingerprint density at radius 3 is 2.29 bits per heavy atom. The maximum absolute atomic E-state index is 12.0. The van der Waals surface area contributed by atoms with E-state index in [-0.39, 0.29) is 5.69 Å². The number of benzene rings is 1. The minimum atomic E-state index is -0.555. The van der Waals surface area contributed by atoms with Gasteiger partial charge in [-0.3, -0.25) is 0 Å². The molecule has 1 N–H and O–H groups in total. The summed E-state index contributed by atoms with van der Waals surface area (Å²) in [6, 6.07) is 8.30. The van der Waals surface area contributed by atoms with Crippen LogP contribution in [0.25, 0.3) is 0 Å². The number of hydrogen-bond donors (Lipinski definition) is 1. The van der Waals surface area contributed by atoms with Crippen LogP contribution in [0.2, 0.25) is 0 Å². The molecule has 0 spiro atoms. The van der Waals surface area contributed by atoms with Gasteiger partial charge in [-0.15, -0.1) is 0 Å². The highest BCUT2D eigenvalue weighted by Gasteiger charge is 2.19. The predicted molar refractivity (Wildman–Crippen MR) is 111 cm³/mol. The monoisotopic (exact) mass is 383 g/mol. The second-order valence-corrected chi connectivity index (χ2v) is 7.88. The van der Waals surface area contributed by atoms with Gasteiger partial charge in [0.2, 0.25) is 0 Å². The number of carbonyl (C=O) groups is 1. The molecular formula is C21H29N5O2. The Morgan fingerprint density at radius 1 is 1.07 bits per heavy atom. The van der Waals surface area contributed by atoms with Crippen LogP contribution in [-0.4, -0.2) is 59.2 Å². The van der Waals surface area contributed by atoms with Gasteiger partial charge in [0.1, 0.15) is 11.4 Å². The number of ether oxygens (including phenoxy) is 1. The molecule has 7 nitrogen and oxygen atoms in total. The number of hydrogen-bond acceptors (Lipinski definition) is 7. The van der Waals surface area contributed by atoms with Crippen molar-refractivity contribution >= 4 is 23.2 Å². The van der Waals surface area contributed by atoms with E-state index in [9.17, 15) is 4.79 Å². The molecule has 2 heterocycles. The molecule has 1 aromatic heterocycles. The summed E-state index contributed by atoms with van der Waals surface area (Å²) in [4.78, 5) is 25.3. The molecule has 0 atom stereocenters. The first-order valence-electron chi connectivity index (χ1n) is 9.74. The molecule has 1 fully saturated rings. The number of aromatic nitrogens is 2. The van der Waals surface area contributed by atoms with Crippen molar-refractivity contribution < 1.29 is 9.53 Å². The van der Waals surface area contributed by atoms with Gasteiger partial charge in [0, 0.05) is 37.6 Å². The van der Waals surface area contributed by atoms with Crippen molar-refractivity contribution in [2.45, 2.75) is 33.3 Å². The summed E-state index contributed by atoms with van der Waals surface area (Å²) in [5.74, 6) is 0.107. The van der Waals surface area contributed by atoms with Gasteiger partial charge in [-0.2, -0.15) is 0 Å². The van der Waals surface area contributed by atoms with Crippen LogP contribution in [0.15, 0.2) is 36.7 Å². The van der Waals surface area contributed by atoms with E-state index in [4.69, 9.17) is 4.74 Å². The second kappa shape index (κ2) is 8.56. The lowest BCUT2D eigenvalue weighted by atomic mass is 10.2. The fraction of sp³-hybridized carbons (Fsp3) is 0.476. The van der Waals surface area contributed by atoms with Crippen LogP contribution in [0.3, 0.4) is 0 Å². The summed E-state index contributed by atoms with van der Waals surface area (Å²) in [5.41, 5.74) is 1.80. The molecule has 0 bridgehead atoms. The van der Waals surface area contributed by atoms with Crippen molar-refractivity contribution in [1.82, 2.24) is 14.9 Å². The van der Waals surface area contributed by atoms with Crippen LogP contribution in [-0.2, 0) is 4.74 Å². The first kappa shape index (κ1) is 20.1. The van der Waals surface area contributed by atoms with Gasteiger partial charge in [0.15, 0.2) is 5.69 Å². The van der Waals surface area contributed by atoms with Gasteiger partial charge in [-0.25, -0.2) is 14.8 Å². The summed E-state index contributed by atoms with van der Waals surface area (Å²) in [5, 5.41) is 3.21. The van der Waals surface area contributed by atoms with Gasteiger partial charge in [-0.1, -0.05) is 6.92 Å². The van der Waals surface area contributed by atoms with E-state index in [0.29, 0.717) is 5.82 Å². The Bertz CT molecular complexity index is 776. The Morgan fingerprint density at radius 2 is 1.75 bits per heavy atom. The normalized spacial score (nSPS) is 15.4. The molecule has 0 radical (unpaired) electrons. The summed E-state index contributed by atoms with van der Waals surface area (Å²) < 4.78 is 5.30. The molecule has 1 aliphatic rings. The number of nitrogens with zero attached hydrogens (tertiary/aromatic N) is 4. The van der Waals surface area contributed by atoms with E-state index in [0.717, 1.165) is 38.4 Å². The molecule has 0 amide bonds. The first-order chi connectivity index (χ1) is 13.3. The first-order valence-corrected chi connectivity index (χ1v) is 9.74. The number of nitrogens with one attached hydrogen (secondary N) is 1. The number of likely N-dealkylation sites (N-methyl/N-ethyl adjacent to an activating group) is 1. The van der Waals surface area contributed by atoms with Crippen LogP contribution in [0.1, 0.15) is 38.2 Å². The lowest BCUT2D eigenvalue weighted by Crippen LogP contribution is -2.46. The molecule has 0 aliphatic carbocycles. The largest absolute Gasteiger partial charge is 0.455 e. The van der Waals surface area contributed by atoms with E-state index in [1.54, 1.807) is 0 Å². The number of esters is 1. The second-order valence-electron chi connectivity index (χ2n) is 7.88. The quantitative estimate of drug-likeness (QED) is 0.794. The molecule has 3 rings (SSSR count). The summed E-state index contributed by atoms with van der Waals surface area (Å²) in [7, 11) is 0. The van der Waals surface area contributed by atoms with Crippen molar-refractivity contribution in [3.05, 3.63) is 42.4 Å². The summed E-state index contributed by atoms with van der Waals surface area (Å²) in [6.07, 6.45) is 2.97. The third-order valence-electron chi connectivity index (χ3n) is 4.58. The molecule has 1 aromatic carbocycles. The number of anilines is 3. The van der Waals surface area contributed by atoms with Crippen LogP contribution in [0.4, 0.5) is 17.2 Å². The van der Waals surface area contributed by atoms with E-state index in [1.807, 2.05) is 32.9 Å².